The highest BCUT2D eigenvalue weighted by Gasteiger charge is 2.43. The highest BCUT2D eigenvalue weighted by Crippen LogP contribution is 2.24. The maximum atomic E-state index is 10.7. The number of benzene rings is 1. The van der Waals surface area contributed by atoms with Gasteiger partial charge in [-0.2, -0.15) is 0 Å². The second-order valence-corrected chi connectivity index (χ2v) is 4.70. The lowest BCUT2D eigenvalue weighted by molar-refractivity contribution is -0.384. The lowest BCUT2D eigenvalue weighted by atomic mass is 9.98. The third kappa shape index (κ3) is 3.28. The molecule has 0 saturated carbocycles. The molecule has 1 heterocycles. The summed E-state index contributed by atoms with van der Waals surface area (Å²) in [6, 6.07) is 5.51. The van der Waals surface area contributed by atoms with Gasteiger partial charge < -0.3 is 30.5 Å². The zero-order valence-corrected chi connectivity index (χ0v) is 10.9. The third-order valence-electron chi connectivity index (χ3n) is 3.26. The summed E-state index contributed by atoms with van der Waals surface area (Å²) >= 11 is 0. The molecule has 1 aromatic carbocycles. The third-order valence-corrected chi connectivity index (χ3v) is 3.26. The van der Waals surface area contributed by atoms with Crippen LogP contribution in [0.25, 0.3) is 0 Å². The van der Waals surface area contributed by atoms with Gasteiger partial charge >= 0.3 is 0 Å². The SMILES string of the molecule is O=[N+]([O-])c1cccc(N[C@@H]2O[C@H](CO)[C@H](O)[C@@H](O)[C@H]2O)c1. The van der Waals surface area contributed by atoms with Crippen LogP contribution in [0.15, 0.2) is 24.3 Å². The molecule has 0 radical (unpaired) electrons. The molecule has 5 N–H and O–H groups in total. The van der Waals surface area contributed by atoms with Gasteiger partial charge in [0.05, 0.1) is 11.5 Å². The summed E-state index contributed by atoms with van der Waals surface area (Å²) in [5.41, 5.74) is 0.151. The molecule has 2 rings (SSSR count). The molecule has 9 heteroatoms. The maximum absolute atomic E-state index is 10.7. The van der Waals surface area contributed by atoms with E-state index in [1.54, 1.807) is 0 Å². The van der Waals surface area contributed by atoms with Gasteiger partial charge in [-0.15, -0.1) is 0 Å². The van der Waals surface area contributed by atoms with Gasteiger partial charge in [0, 0.05) is 17.8 Å². The Labute approximate surface area is 119 Å². The smallest absolute Gasteiger partial charge is 0.271 e. The first-order chi connectivity index (χ1) is 9.93. The summed E-state index contributed by atoms with van der Waals surface area (Å²) < 4.78 is 5.24. The summed E-state index contributed by atoms with van der Waals surface area (Å²) in [7, 11) is 0. The zero-order chi connectivity index (χ0) is 15.6. The first kappa shape index (κ1) is 15.6. The van der Waals surface area contributed by atoms with E-state index in [1.807, 2.05) is 0 Å². The summed E-state index contributed by atoms with van der Waals surface area (Å²) in [5, 5.41) is 51.6. The van der Waals surface area contributed by atoms with Gasteiger partial charge in [0.1, 0.15) is 24.4 Å². The number of rotatable bonds is 4. The number of nitrogens with zero attached hydrogens (tertiary/aromatic N) is 1. The average molecular weight is 300 g/mol. The standard InChI is InChI=1S/C12H16N2O7/c15-5-8-9(16)10(17)11(18)12(21-8)13-6-2-1-3-7(4-6)14(19)20/h1-4,8-13,15-18H,5H2/t8-,9+,10-,11-,12-/m1/s1. The van der Waals surface area contributed by atoms with Gasteiger partial charge in [-0.05, 0) is 6.07 Å². The molecule has 21 heavy (non-hydrogen) atoms. The van der Waals surface area contributed by atoms with E-state index in [-0.39, 0.29) is 5.69 Å². The molecule has 1 aliphatic heterocycles. The molecule has 0 spiro atoms. The highest BCUT2D eigenvalue weighted by atomic mass is 16.6. The van der Waals surface area contributed by atoms with Crippen LogP contribution < -0.4 is 5.32 Å². The minimum Gasteiger partial charge on any atom is -0.394 e. The molecule has 116 valence electrons. The van der Waals surface area contributed by atoms with E-state index < -0.39 is 42.2 Å². The molecule has 0 aliphatic carbocycles. The van der Waals surface area contributed by atoms with Crippen LogP contribution in [0.1, 0.15) is 0 Å². The van der Waals surface area contributed by atoms with Crippen molar-refractivity contribution < 1.29 is 30.1 Å². The molecule has 1 aliphatic rings. The van der Waals surface area contributed by atoms with Gasteiger partial charge in [0.15, 0.2) is 6.23 Å². The van der Waals surface area contributed by atoms with E-state index in [1.165, 1.54) is 24.3 Å². The number of nitro benzene ring substituents is 1. The molecule has 5 atom stereocenters. The Morgan fingerprint density at radius 2 is 1.95 bits per heavy atom. The Kier molecular flexibility index (Phi) is 4.70. The van der Waals surface area contributed by atoms with Crippen molar-refractivity contribution in [1.82, 2.24) is 0 Å². The van der Waals surface area contributed by atoms with E-state index in [0.717, 1.165) is 0 Å². The first-order valence-corrected chi connectivity index (χ1v) is 6.25. The fraction of sp³-hybridized carbons (Fsp3) is 0.500. The quantitative estimate of drug-likeness (QED) is 0.344. The molecule has 0 bridgehead atoms. The molecule has 9 nitrogen and oxygen atoms in total. The first-order valence-electron chi connectivity index (χ1n) is 6.25. The molecular weight excluding hydrogens is 284 g/mol. The van der Waals surface area contributed by atoms with Crippen LogP contribution in [0.5, 0.6) is 0 Å². The van der Waals surface area contributed by atoms with E-state index in [0.29, 0.717) is 5.69 Å². The maximum Gasteiger partial charge on any atom is 0.271 e. The van der Waals surface area contributed by atoms with Crippen molar-refractivity contribution in [2.45, 2.75) is 30.6 Å². The Bertz CT molecular complexity index is 510. The van der Waals surface area contributed by atoms with Crippen LogP contribution in [0.3, 0.4) is 0 Å². The Morgan fingerprint density at radius 1 is 1.24 bits per heavy atom. The molecular formula is C12H16N2O7. The van der Waals surface area contributed by atoms with Gasteiger partial charge in [-0.1, -0.05) is 6.07 Å². The molecule has 0 unspecified atom stereocenters. The number of hydrogen-bond donors (Lipinski definition) is 5. The van der Waals surface area contributed by atoms with Crippen molar-refractivity contribution in [3.63, 3.8) is 0 Å². The second kappa shape index (κ2) is 6.33. The van der Waals surface area contributed by atoms with Gasteiger partial charge in [0.2, 0.25) is 0 Å². The Balaban J connectivity index is 2.14. The van der Waals surface area contributed by atoms with Crippen LogP contribution >= 0.6 is 0 Å². The Hall–Kier alpha value is -1.78. The van der Waals surface area contributed by atoms with Crippen molar-refractivity contribution in [3.8, 4) is 0 Å². The highest BCUT2D eigenvalue weighted by molar-refractivity contribution is 5.51. The van der Waals surface area contributed by atoms with Gasteiger partial charge in [-0.3, -0.25) is 10.1 Å². The van der Waals surface area contributed by atoms with Crippen LogP contribution in [-0.4, -0.2) is 62.6 Å². The second-order valence-electron chi connectivity index (χ2n) is 4.70. The van der Waals surface area contributed by atoms with E-state index in [4.69, 9.17) is 9.84 Å². The van der Waals surface area contributed by atoms with Crippen molar-refractivity contribution in [3.05, 3.63) is 34.4 Å². The summed E-state index contributed by atoms with van der Waals surface area (Å²) in [6.07, 6.45) is -6.58. The van der Waals surface area contributed by atoms with Crippen LogP contribution in [0, 0.1) is 10.1 Å². The number of hydrogen-bond acceptors (Lipinski definition) is 8. The number of anilines is 1. The van der Waals surface area contributed by atoms with Crippen molar-refractivity contribution in [2.24, 2.45) is 0 Å². The van der Waals surface area contributed by atoms with E-state index >= 15 is 0 Å². The molecule has 0 aromatic heterocycles. The summed E-state index contributed by atoms with van der Waals surface area (Å²) in [4.78, 5) is 10.1. The van der Waals surface area contributed by atoms with E-state index in [2.05, 4.69) is 5.32 Å². The number of ether oxygens (including phenoxy) is 1. The number of aliphatic hydroxyl groups excluding tert-OH is 4. The minimum atomic E-state index is -1.51. The molecule has 1 fully saturated rings. The predicted octanol–water partition coefficient (Wildman–Crippen LogP) is -1.19. The number of non-ortho nitro benzene ring substituents is 1. The molecule has 0 amide bonds. The van der Waals surface area contributed by atoms with Gasteiger partial charge in [0.25, 0.3) is 5.69 Å². The predicted molar refractivity (Wildman–Crippen MR) is 70.5 cm³/mol. The normalized spacial score (nSPS) is 32.7. The lowest BCUT2D eigenvalue weighted by Gasteiger charge is -2.40. The van der Waals surface area contributed by atoms with Gasteiger partial charge in [-0.25, -0.2) is 0 Å². The monoisotopic (exact) mass is 300 g/mol. The fourth-order valence-electron chi connectivity index (χ4n) is 2.09. The topological polar surface area (TPSA) is 145 Å². The van der Waals surface area contributed by atoms with Crippen molar-refractivity contribution in [1.29, 1.82) is 0 Å². The average Bonchev–Trinajstić information content (AvgIpc) is 2.48. The zero-order valence-electron chi connectivity index (χ0n) is 10.9. The molecule has 1 aromatic rings. The van der Waals surface area contributed by atoms with Crippen LogP contribution in [0.4, 0.5) is 11.4 Å². The number of nitrogens with one attached hydrogen (secondary N) is 1. The lowest BCUT2D eigenvalue weighted by Crippen LogP contribution is -2.60. The fourth-order valence-corrected chi connectivity index (χ4v) is 2.09. The van der Waals surface area contributed by atoms with E-state index in [9.17, 15) is 25.4 Å². The number of aliphatic hydroxyl groups is 4. The summed E-state index contributed by atoms with van der Waals surface area (Å²) in [6.45, 7) is -0.544. The Morgan fingerprint density at radius 3 is 2.57 bits per heavy atom. The number of nitro groups is 1. The van der Waals surface area contributed by atoms with Crippen molar-refractivity contribution in [2.75, 3.05) is 11.9 Å². The van der Waals surface area contributed by atoms with Crippen molar-refractivity contribution >= 4 is 11.4 Å². The largest absolute Gasteiger partial charge is 0.394 e. The van der Waals surface area contributed by atoms with Crippen LogP contribution in [0.2, 0.25) is 0 Å². The molecule has 1 saturated heterocycles. The summed E-state index contributed by atoms with van der Waals surface area (Å²) in [5.74, 6) is 0. The van der Waals surface area contributed by atoms with Crippen LogP contribution in [-0.2, 0) is 4.74 Å². The minimum absolute atomic E-state index is 0.149.